The Morgan fingerprint density at radius 1 is 1.28 bits per heavy atom. The number of carbonyl (C=O) groups excluding carboxylic acids is 3. The first-order valence-electron chi connectivity index (χ1n) is 10.7. The third-order valence-corrected chi connectivity index (χ3v) is 8.42. The molecular weight excluding hydrogens is 436 g/mol. The number of carbonyl (C=O) groups is 3. The number of hydrogen-bond donors (Lipinski definition) is 1. The summed E-state index contributed by atoms with van der Waals surface area (Å²) in [5, 5.41) is 11.6. The van der Waals surface area contributed by atoms with E-state index in [0.29, 0.717) is 19.3 Å². The summed E-state index contributed by atoms with van der Waals surface area (Å²) in [6.07, 6.45) is 5.52. The van der Waals surface area contributed by atoms with E-state index in [1.54, 1.807) is 6.92 Å². The van der Waals surface area contributed by atoms with Crippen LogP contribution in [0.25, 0.3) is 0 Å². The molecule has 1 aromatic rings. The Morgan fingerprint density at radius 2 is 1.94 bits per heavy atom. The number of pyridine rings is 1. The van der Waals surface area contributed by atoms with Crippen molar-refractivity contribution in [2.75, 3.05) is 6.54 Å². The fourth-order valence-corrected chi connectivity index (χ4v) is 6.47. The molecule has 2 fully saturated rings. The Labute approximate surface area is 188 Å². The molecule has 1 aliphatic carbocycles. The van der Waals surface area contributed by atoms with E-state index in [1.807, 2.05) is 6.92 Å². The van der Waals surface area contributed by atoms with E-state index in [9.17, 15) is 28.0 Å². The van der Waals surface area contributed by atoms with Crippen molar-refractivity contribution in [2.24, 2.45) is 5.73 Å². The molecule has 2 amide bonds. The van der Waals surface area contributed by atoms with Crippen molar-refractivity contribution in [3.05, 3.63) is 36.0 Å². The first kappa shape index (κ1) is 24.1. The minimum absolute atomic E-state index is 0.242. The van der Waals surface area contributed by atoms with Gasteiger partial charge in [-0.3, -0.25) is 14.4 Å². The second-order valence-corrected chi connectivity index (χ2v) is 10.6. The van der Waals surface area contributed by atoms with Gasteiger partial charge in [0, 0.05) is 23.7 Å². The Hall–Kier alpha value is -2.53. The average molecular weight is 466 g/mol. The molecule has 3 rings (SSSR count). The van der Waals surface area contributed by atoms with E-state index in [2.05, 4.69) is 0 Å². The zero-order valence-electron chi connectivity index (χ0n) is 18.3. The largest absolute Gasteiger partial charge is 0.618 e. The summed E-state index contributed by atoms with van der Waals surface area (Å²) >= 11 is 0. The smallest absolute Gasteiger partial charge is 0.323 e. The summed E-state index contributed by atoms with van der Waals surface area (Å²) in [7, 11) is -4.24. The molecule has 32 heavy (non-hydrogen) atoms. The summed E-state index contributed by atoms with van der Waals surface area (Å²) in [4.78, 5) is 39.2. The van der Waals surface area contributed by atoms with Gasteiger partial charge in [-0.2, -0.15) is 9.04 Å². The standard InChI is InChI=1S/C21H29N4O6S/c1-15-8-9-16(25(19(28)13-18(22)27)21(2)10-4-5-11-21)17(26)14-24(15)32(30,31)20-7-3-6-12-23(20)29/h3,6-7,12-13,15-16H,4-5,8-11,14H2,1-2H3,(H2,22,27)/t15-,16+/m1/s1. The van der Waals surface area contributed by atoms with Crippen molar-refractivity contribution in [2.45, 2.75) is 75.0 Å². The first-order chi connectivity index (χ1) is 15.0. The normalized spacial score (nSPS) is 24.1. The van der Waals surface area contributed by atoms with Crippen LogP contribution in [-0.2, 0) is 24.4 Å². The third kappa shape index (κ3) is 4.63. The fourth-order valence-electron chi connectivity index (χ4n) is 4.81. The molecule has 2 heterocycles. The number of nitrogens with two attached hydrogens (primary N) is 1. The van der Waals surface area contributed by atoms with E-state index < -0.39 is 56.8 Å². The van der Waals surface area contributed by atoms with Gasteiger partial charge in [0.15, 0.2) is 12.0 Å². The molecule has 1 aliphatic heterocycles. The Kier molecular flexibility index (Phi) is 6.89. The van der Waals surface area contributed by atoms with Crippen LogP contribution in [0.5, 0.6) is 0 Å². The quantitative estimate of drug-likeness (QED) is 0.363. The predicted octanol–water partition coefficient (Wildman–Crippen LogP) is 0.282. The lowest BCUT2D eigenvalue weighted by Gasteiger charge is -2.43. The van der Waals surface area contributed by atoms with Gasteiger partial charge in [-0.25, -0.2) is 8.42 Å². The van der Waals surface area contributed by atoms with Gasteiger partial charge in [0.1, 0.15) is 6.42 Å². The van der Waals surface area contributed by atoms with Crippen LogP contribution >= 0.6 is 0 Å². The van der Waals surface area contributed by atoms with E-state index in [0.717, 1.165) is 29.8 Å². The van der Waals surface area contributed by atoms with Crippen LogP contribution in [0.1, 0.15) is 52.4 Å². The van der Waals surface area contributed by atoms with Gasteiger partial charge < -0.3 is 15.8 Å². The van der Waals surface area contributed by atoms with Gasteiger partial charge in [-0.05, 0) is 45.6 Å². The molecular formula is C21H29N4O6S. The monoisotopic (exact) mass is 465 g/mol. The number of amides is 2. The maximum atomic E-state index is 13.3. The molecule has 2 atom stereocenters. The molecule has 10 nitrogen and oxygen atoms in total. The molecule has 1 radical (unpaired) electrons. The molecule has 1 aromatic heterocycles. The number of primary amides is 1. The average Bonchev–Trinajstić information content (AvgIpc) is 3.08. The summed E-state index contributed by atoms with van der Waals surface area (Å²) < 4.78 is 27.7. The second kappa shape index (κ2) is 9.14. The maximum Gasteiger partial charge on any atom is 0.323 e. The molecule has 0 unspecified atom stereocenters. The summed E-state index contributed by atoms with van der Waals surface area (Å²) in [5.41, 5.74) is 4.57. The number of rotatable bonds is 6. The van der Waals surface area contributed by atoms with Crippen molar-refractivity contribution in [1.29, 1.82) is 0 Å². The van der Waals surface area contributed by atoms with E-state index in [-0.39, 0.29) is 11.2 Å². The molecule has 175 valence electrons. The van der Waals surface area contributed by atoms with Crippen LogP contribution in [0.15, 0.2) is 29.4 Å². The van der Waals surface area contributed by atoms with Gasteiger partial charge in [0.2, 0.25) is 11.8 Å². The van der Waals surface area contributed by atoms with Crippen molar-refractivity contribution in [1.82, 2.24) is 9.21 Å². The van der Waals surface area contributed by atoms with Crippen LogP contribution < -0.4 is 10.5 Å². The van der Waals surface area contributed by atoms with Crippen LogP contribution in [0.3, 0.4) is 0 Å². The number of Topliss-reactive ketones (excluding diaryl/α,β-unsaturated/α-hetero) is 1. The summed E-state index contributed by atoms with van der Waals surface area (Å²) in [6, 6.07) is 2.59. The minimum Gasteiger partial charge on any atom is -0.618 e. The molecule has 0 spiro atoms. The number of nitrogens with zero attached hydrogens (tertiary/aromatic N) is 3. The van der Waals surface area contributed by atoms with E-state index >= 15 is 0 Å². The molecule has 1 saturated heterocycles. The van der Waals surface area contributed by atoms with Gasteiger partial charge in [-0.15, -0.1) is 0 Å². The van der Waals surface area contributed by atoms with Gasteiger partial charge in [-0.1, -0.05) is 12.8 Å². The van der Waals surface area contributed by atoms with Crippen LogP contribution in [0.4, 0.5) is 0 Å². The van der Waals surface area contributed by atoms with Crippen LogP contribution in [0, 0.1) is 11.6 Å². The zero-order chi connectivity index (χ0) is 23.7. The molecule has 0 aromatic carbocycles. The topological polar surface area (TPSA) is 145 Å². The molecule has 2 aliphatic rings. The number of sulfonamides is 1. The van der Waals surface area contributed by atoms with Gasteiger partial charge in [0.25, 0.3) is 0 Å². The van der Waals surface area contributed by atoms with Crippen molar-refractivity contribution in [3.63, 3.8) is 0 Å². The first-order valence-corrected chi connectivity index (χ1v) is 12.1. The number of aromatic nitrogens is 1. The molecule has 11 heteroatoms. The van der Waals surface area contributed by atoms with Crippen LogP contribution in [0.2, 0.25) is 0 Å². The molecule has 0 bridgehead atoms. The highest BCUT2D eigenvalue weighted by Crippen LogP contribution is 2.38. The number of ketones is 1. The summed E-state index contributed by atoms with van der Waals surface area (Å²) in [6.45, 7) is 3.08. The van der Waals surface area contributed by atoms with Gasteiger partial charge in [0.05, 0.1) is 12.6 Å². The minimum atomic E-state index is -4.24. The highest BCUT2D eigenvalue weighted by molar-refractivity contribution is 7.89. The molecule has 1 saturated carbocycles. The lowest BCUT2D eigenvalue weighted by molar-refractivity contribution is -0.646. The highest BCUT2D eigenvalue weighted by atomic mass is 32.2. The second-order valence-electron chi connectivity index (χ2n) is 8.78. The Morgan fingerprint density at radius 3 is 2.53 bits per heavy atom. The lowest BCUT2D eigenvalue weighted by atomic mass is 9.91. The van der Waals surface area contributed by atoms with Crippen molar-refractivity contribution in [3.8, 4) is 0 Å². The number of hydrogen-bond acceptors (Lipinski definition) is 6. The maximum absolute atomic E-state index is 13.3. The lowest BCUT2D eigenvalue weighted by Crippen LogP contribution is -2.57. The van der Waals surface area contributed by atoms with Crippen LogP contribution in [-0.4, -0.2) is 59.4 Å². The predicted molar refractivity (Wildman–Crippen MR) is 114 cm³/mol. The fraction of sp³-hybridized carbons (Fsp3) is 0.571. The zero-order valence-corrected chi connectivity index (χ0v) is 19.1. The Bertz CT molecular complexity index is 1010. The summed E-state index contributed by atoms with van der Waals surface area (Å²) in [5.74, 6) is -1.99. The SMILES string of the molecule is C[C@@H]1CC[C@H](N(C(=O)[CH]C(N)=O)C2(C)CCCC2)C(=O)CN1S(=O)(=O)c1cccc[n+]1[O-]. The van der Waals surface area contributed by atoms with E-state index in [4.69, 9.17) is 5.73 Å². The van der Waals surface area contributed by atoms with Crippen molar-refractivity contribution >= 4 is 27.6 Å². The third-order valence-electron chi connectivity index (χ3n) is 6.47. The molecule has 2 N–H and O–H groups in total. The van der Waals surface area contributed by atoms with Gasteiger partial charge >= 0.3 is 15.0 Å². The highest BCUT2D eigenvalue weighted by Gasteiger charge is 2.47. The van der Waals surface area contributed by atoms with Crippen molar-refractivity contribution < 1.29 is 27.5 Å². The Balaban J connectivity index is 1.95. The van der Waals surface area contributed by atoms with E-state index in [1.165, 1.54) is 23.1 Å².